The molecule has 1 aromatic rings. The lowest BCUT2D eigenvalue weighted by atomic mass is 10.3. The summed E-state index contributed by atoms with van der Waals surface area (Å²) in [6.45, 7) is 2.62. The van der Waals surface area contributed by atoms with E-state index in [1.807, 2.05) is 19.1 Å². The van der Waals surface area contributed by atoms with E-state index in [4.69, 9.17) is 16.3 Å². The van der Waals surface area contributed by atoms with E-state index >= 15 is 0 Å². The highest BCUT2D eigenvalue weighted by Crippen LogP contribution is 2.11. The molecule has 0 amide bonds. The summed E-state index contributed by atoms with van der Waals surface area (Å²) < 4.78 is 5.25. The second kappa shape index (κ2) is 4.19. The van der Waals surface area contributed by atoms with Crippen molar-refractivity contribution in [1.29, 1.82) is 0 Å². The molecule has 60 valence electrons. The summed E-state index contributed by atoms with van der Waals surface area (Å²) in [5.74, 6) is 1.26. The van der Waals surface area contributed by atoms with Gasteiger partial charge in [0.1, 0.15) is 5.75 Å². The van der Waals surface area contributed by atoms with Gasteiger partial charge in [-0.1, -0.05) is 0 Å². The van der Waals surface area contributed by atoms with Crippen molar-refractivity contribution in [3.8, 4) is 5.75 Å². The van der Waals surface area contributed by atoms with Crippen molar-refractivity contribution in [2.75, 3.05) is 6.61 Å². The smallest absolute Gasteiger partial charge is 0.122 e. The fraction of sp³-hybridized carbons (Fsp3) is 0.375. The van der Waals surface area contributed by atoms with Gasteiger partial charge < -0.3 is 4.74 Å². The number of hydrogen-bond acceptors (Lipinski definition) is 2. The molecule has 0 radical (unpaired) electrons. The predicted octanol–water partition coefficient (Wildman–Crippen LogP) is 2.22. The average Bonchev–Trinajstić information content (AvgIpc) is 2.06. The molecule has 0 saturated heterocycles. The second-order valence-corrected chi connectivity index (χ2v) is 2.32. The molecular weight excluding hydrogens is 162 g/mol. The highest BCUT2D eigenvalue weighted by molar-refractivity contribution is 6.16. The molecule has 0 aromatic carbocycles. The predicted molar refractivity (Wildman–Crippen MR) is 45.0 cm³/mol. The van der Waals surface area contributed by atoms with Gasteiger partial charge in [-0.25, -0.2) is 0 Å². The largest absolute Gasteiger partial charge is 0.494 e. The monoisotopic (exact) mass is 171 g/mol. The van der Waals surface area contributed by atoms with Crippen molar-refractivity contribution in [3.63, 3.8) is 0 Å². The van der Waals surface area contributed by atoms with Crippen molar-refractivity contribution >= 4 is 11.6 Å². The van der Waals surface area contributed by atoms with Gasteiger partial charge in [0.15, 0.2) is 0 Å². The minimum absolute atomic E-state index is 0.431. The Kier molecular flexibility index (Phi) is 3.17. The van der Waals surface area contributed by atoms with Crippen LogP contribution in [0.5, 0.6) is 5.75 Å². The highest BCUT2D eigenvalue weighted by atomic mass is 35.5. The first-order valence-corrected chi connectivity index (χ1v) is 4.04. The quantitative estimate of drug-likeness (QED) is 0.651. The molecule has 0 aliphatic heterocycles. The number of aromatic nitrogens is 1. The average molecular weight is 172 g/mol. The van der Waals surface area contributed by atoms with Crippen LogP contribution in [-0.2, 0) is 5.88 Å². The van der Waals surface area contributed by atoms with Gasteiger partial charge in [-0.15, -0.1) is 11.6 Å². The van der Waals surface area contributed by atoms with Crippen molar-refractivity contribution in [2.45, 2.75) is 12.8 Å². The van der Waals surface area contributed by atoms with Gasteiger partial charge in [0.05, 0.1) is 18.2 Å². The van der Waals surface area contributed by atoms with Crippen LogP contribution >= 0.6 is 11.6 Å². The Bertz CT molecular complexity index is 227. The standard InChI is InChI=1S/C8H10ClNO/c1-2-11-8-3-4-10-7(5-8)6-9/h3-5H,2,6H2,1H3. The Morgan fingerprint density at radius 2 is 2.45 bits per heavy atom. The van der Waals surface area contributed by atoms with Gasteiger partial charge in [0.25, 0.3) is 0 Å². The zero-order valence-electron chi connectivity index (χ0n) is 6.38. The summed E-state index contributed by atoms with van der Waals surface area (Å²) in [4.78, 5) is 4.03. The van der Waals surface area contributed by atoms with Crippen molar-refractivity contribution in [3.05, 3.63) is 24.0 Å². The molecule has 11 heavy (non-hydrogen) atoms. The molecule has 0 N–H and O–H groups in total. The molecule has 0 aliphatic rings. The third-order valence-electron chi connectivity index (χ3n) is 1.24. The summed E-state index contributed by atoms with van der Waals surface area (Å²) >= 11 is 5.58. The lowest BCUT2D eigenvalue weighted by Gasteiger charge is -2.02. The second-order valence-electron chi connectivity index (χ2n) is 2.05. The molecule has 1 heterocycles. The van der Waals surface area contributed by atoms with E-state index in [9.17, 15) is 0 Å². The number of hydrogen-bond donors (Lipinski definition) is 0. The zero-order valence-corrected chi connectivity index (χ0v) is 7.14. The molecular formula is C8H10ClNO. The van der Waals surface area contributed by atoms with Crippen LogP contribution in [0.1, 0.15) is 12.6 Å². The van der Waals surface area contributed by atoms with E-state index in [0.29, 0.717) is 12.5 Å². The lowest BCUT2D eigenvalue weighted by molar-refractivity contribution is 0.339. The van der Waals surface area contributed by atoms with Gasteiger partial charge in [0, 0.05) is 12.3 Å². The Morgan fingerprint density at radius 3 is 3.09 bits per heavy atom. The first kappa shape index (κ1) is 8.34. The maximum absolute atomic E-state index is 5.58. The van der Waals surface area contributed by atoms with Gasteiger partial charge in [-0.2, -0.15) is 0 Å². The fourth-order valence-electron chi connectivity index (χ4n) is 0.786. The number of alkyl halides is 1. The number of ether oxygens (including phenoxy) is 1. The summed E-state index contributed by atoms with van der Waals surface area (Å²) in [6.07, 6.45) is 1.70. The summed E-state index contributed by atoms with van der Waals surface area (Å²) in [6, 6.07) is 3.66. The number of nitrogens with zero attached hydrogens (tertiary/aromatic N) is 1. The van der Waals surface area contributed by atoms with Gasteiger partial charge in [-0.05, 0) is 13.0 Å². The SMILES string of the molecule is CCOc1ccnc(CCl)c1. The van der Waals surface area contributed by atoms with E-state index in [1.54, 1.807) is 6.20 Å². The Balaban J connectivity index is 2.74. The minimum Gasteiger partial charge on any atom is -0.494 e. The molecule has 0 atom stereocenters. The van der Waals surface area contributed by atoms with Gasteiger partial charge >= 0.3 is 0 Å². The Labute approximate surface area is 71.2 Å². The summed E-state index contributed by atoms with van der Waals surface area (Å²) in [5.41, 5.74) is 0.845. The number of rotatable bonds is 3. The van der Waals surface area contributed by atoms with Crippen LogP contribution in [0.2, 0.25) is 0 Å². The number of pyridine rings is 1. The minimum atomic E-state index is 0.431. The van der Waals surface area contributed by atoms with Crippen LogP contribution in [0, 0.1) is 0 Å². The van der Waals surface area contributed by atoms with Gasteiger partial charge in [-0.3, -0.25) is 4.98 Å². The first-order valence-electron chi connectivity index (χ1n) is 3.50. The molecule has 3 heteroatoms. The van der Waals surface area contributed by atoms with Crippen LogP contribution in [0.4, 0.5) is 0 Å². The zero-order chi connectivity index (χ0) is 8.10. The van der Waals surface area contributed by atoms with E-state index < -0.39 is 0 Å². The lowest BCUT2D eigenvalue weighted by Crippen LogP contribution is -1.93. The van der Waals surface area contributed by atoms with E-state index in [1.165, 1.54) is 0 Å². The molecule has 0 unspecified atom stereocenters. The molecule has 0 spiro atoms. The van der Waals surface area contributed by atoms with E-state index in [-0.39, 0.29) is 0 Å². The third kappa shape index (κ3) is 2.39. The van der Waals surface area contributed by atoms with Crippen LogP contribution < -0.4 is 4.74 Å². The van der Waals surface area contributed by atoms with E-state index in [0.717, 1.165) is 11.4 Å². The summed E-state index contributed by atoms with van der Waals surface area (Å²) in [5, 5.41) is 0. The first-order chi connectivity index (χ1) is 5.36. The molecule has 0 fully saturated rings. The van der Waals surface area contributed by atoms with E-state index in [2.05, 4.69) is 4.98 Å². The van der Waals surface area contributed by atoms with Crippen LogP contribution in [0.15, 0.2) is 18.3 Å². The topological polar surface area (TPSA) is 22.1 Å². The molecule has 1 rings (SSSR count). The third-order valence-corrected chi connectivity index (χ3v) is 1.51. The molecule has 0 bridgehead atoms. The maximum Gasteiger partial charge on any atom is 0.122 e. The molecule has 0 aliphatic carbocycles. The van der Waals surface area contributed by atoms with Crippen LogP contribution in [0.3, 0.4) is 0 Å². The fourth-order valence-corrected chi connectivity index (χ4v) is 0.932. The molecule has 0 saturated carbocycles. The highest BCUT2D eigenvalue weighted by Gasteiger charge is 1.94. The molecule has 1 aromatic heterocycles. The normalized spacial score (nSPS) is 9.64. The maximum atomic E-state index is 5.58. The van der Waals surface area contributed by atoms with Crippen LogP contribution in [-0.4, -0.2) is 11.6 Å². The molecule has 2 nitrogen and oxygen atoms in total. The van der Waals surface area contributed by atoms with Crippen molar-refractivity contribution in [2.24, 2.45) is 0 Å². The van der Waals surface area contributed by atoms with Crippen molar-refractivity contribution in [1.82, 2.24) is 4.98 Å². The van der Waals surface area contributed by atoms with Crippen molar-refractivity contribution < 1.29 is 4.74 Å². The Hall–Kier alpha value is -0.760. The van der Waals surface area contributed by atoms with Gasteiger partial charge in [0.2, 0.25) is 0 Å². The summed E-state index contributed by atoms with van der Waals surface area (Å²) in [7, 11) is 0. The van der Waals surface area contributed by atoms with Crippen LogP contribution in [0.25, 0.3) is 0 Å². The number of halogens is 1. The Morgan fingerprint density at radius 1 is 1.64 bits per heavy atom.